The molecule has 18 N–H and O–H groups in total. The Morgan fingerprint density at radius 1 is 0.483 bits per heavy atom. The number of aliphatic carboxylic acids is 1. The van der Waals surface area contributed by atoms with Crippen molar-refractivity contribution in [2.75, 3.05) is 19.8 Å². The van der Waals surface area contributed by atoms with Crippen LogP contribution in [-0.4, -0.2) is 252 Å². The minimum absolute atomic E-state index is 0.104. The van der Waals surface area contributed by atoms with Crippen LogP contribution in [0.25, 0.3) is 34.4 Å². The molecule has 20 atom stereocenters. The van der Waals surface area contributed by atoms with Crippen molar-refractivity contribution in [3.63, 3.8) is 0 Å². The number of carboxylic acid groups (broad SMARTS) is 1. The van der Waals surface area contributed by atoms with E-state index in [1.54, 1.807) is 0 Å². The van der Waals surface area contributed by atoms with Crippen LogP contribution in [0.4, 0.5) is 0 Å². The van der Waals surface area contributed by atoms with E-state index in [2.05, 4.69) is 0 Å². The Labute approximate surface area is 500 Å². The highest BCUT2D eigenvalue weighted by Crippen LogP contribution is 2.43. The SMILES string of the molecule is O=C(C=Cc1ccc(O)c(O)c1)OC[C@H]1O[C@@H](Oc2ccc3cc(O[C@@H]4O[C@H](CO)[C@H](O)[C@H](O)[C@H]4O[C@@H]4O[C@H](CO)[C@@H](O)[C@H](O)[C@H]4OC(=O)C=Cc4ccc(O)c(O)c4)c(-c4ccc(O)c(O[C@@H]5O[C@H](C(=O)O)[C@@H](O)[C@H](O)[C@H]5O)c4)[o+]c3c2)[C@H](O)[C@@H](O)[C@@H]1O. The fourth-order valence-corrected chi connectivity index (χ4v) is 9.63. The van der Waals surface area contributed by atoms with E-state index < -0.39 is 207 Å². The number of rotatable bonds is 19. The maximum atomic E-state index is 13.3. The Morgan fingerprint density at radius 3 is 1.63 bits per heavy atom. The van der Waals surface area contributed by atoms with Gasteiger partial charge in [-0.15, -0.1) is 0 Å². The molecule has 0 spiro atoms. The van der Waals surface area contributed by atoms with E-state index in [1.807, 2.05) is 0 Å². The van der Waals surface area contributed by atoms with Crippen LogP contribution in [0.5, 0.6) is 46.0 Å². The van der Waals surface area contributed by atoms with Crippen molar-refractivity contribution in [2.24, 2.45) is 0 Å². The number of esters is 2. The molecular formula is C57H61O32+. The molecule has 0 aliphatic carbocycles. The molecule has 5 heterocycles. The fourth-order valence-electron chi connectivity index (χ4n) is 9.63. The first-order valence-electron chi connectivity index (χ1n) is 26.9. The number of carbonyl (C=O) groups is 3. The molecule has 0 bridgehead atoms. The average molecular weight is 1260 g/mol. The molecule has 480 valence electrons. The molecule has 0 unspecified atom stereocenters. The molecule has 4 fully saturated rings. The van der Waals surface area contributed by atoms with E-state index in [0.29, 0.717) is 5.56 Å². The summed E-state index contributed by atoms with van der Waals surface area (Å²) in [6.07, 6.45) is -35.3. The molecule has 1 aromatic heterocycles. The summed E-state index contributed by atoms with van der Waals surface area (Å²) in [5.41, 5.74) is 0.180. The summed E-state index contributed by atoms with van der Waals surface area (Å²) in [6.45, 7) is -2.66. The topological polar surface area (TPSA) is 519 Å². The first-order chi connectivity index (χ1) is 42.3. The highest BCUT2D eigenvalue weighted by atomic mass is 16.8. The molecule has 4 aromatic carbocycles. The number of ether oxygens (including phenoxy) is 10. The highest BCUT2D eigenvalue weighted by molar-refractivity contribution is 5.88. The number of hydrogen-bond acceptors (Lipinski definition) is 30. The minimum atomic E-state index is -2.16. The van der Waals surface area contributed by atoms with Gasteiger partial charge in [0.1, 0.15) is 91.7 Å². The van der Waals surface area contributed by atoms with Gasteiger partial charge in [-0.25, -0.2) is 18.8 Å². The van der Waals surface area contributed by atoms with Crippen LogP contribution in [0, 0.1) is 0 Å². The highest BCUT2D eigenvalue weighted by Gasteiger charge is 2.54. The second kappa shape index (κ2) is 27.7. The lowest BCUT2D eigenvalue weighted by Crippen LogP contribution is -2.65. The average Bonchev–Trinajstić information content (AvgIpc) is 2.05. The fraction of sp³-hybridized carbons (Fsp3) is 0.404. The molecule has 0 radical (unpaired) electrons. The molecule has 4 saturated heterocycles. The largest absolute Gasteiger partial charge is 0.504 e. The van der Waals surface area contributed by atoms with Gasteiger partial charge in [-0.05, 0) is 71.8 Å². The van der Waals surface area contributed by atoms with Gasteiger partial charge in [-0.3, -0.25) is 0 Å². The summed E-state index contributed by atoms with van der Waals surface area (Å²) in [7, 11) is 0. The first-order valence-corrected chi connectivity index (χ1v) is 26.9. The van der Waals surface area contributed by atoms with Crippen LogP contribution in [0.15, 0.2) is 95.4 Å². The van der Waals surface area contributed by atoms with Gasteiger partial charge in [0.15, 0.2) is 59.1 Å². The number of phenolic OH excluding ortho intramolecular Hbond substituents is 5. The van der Waals surface area contributed by atoms with E-state index in [4.69, 9.17) is 51.8 Å². The first kappa shape index (κ1) is 65.3. The van der Waals surface area contributed by atoms with Crippen molar-refractivity contribution >= 4 is 41.0 Å². The summed E-state index contributed by atoms with van der Waals surface area (Å²) < 4.78 is 63.8. The van der Waals surface area contributed by atoms with Crippen LogP contribution < -0.4 is 14.2 Å². The van der Waals surface area contributed by atoms with Crippen molar-refractivity contribution in [3.8, 4) is 57.3 Å². The van der Waals surface area contributed by atoms with Crippen molar-refractivity contribution in [1.29, 1.82) is 0 Å². The Balaban J connectivity index is 1.04. The van der Waals surface area contributed by atoms with Gasteiger partial charge in [0.2, 0.25) is 24.6 Å². The van der Waals surface area contributed by atoms with Crippen LogP contribution >= 0.6 is 0 Å². The van der Waals surface area contributed by atoms with Gasteiger partial charge in [-0.1, -0.05) is 12.1 Å². The van der Waals surface area contributed by atoms with E-state index in [1.165, 1.54) is 54.6 Å². The molecular weight excluding hydrogens is 1200 g/mol. The maximum absolute atomic E-state index is 13.3. The third-order valence-corrected chi connectivity index (χ3v) is 14.6. The molecule has 0 saturated carbocycles. The van der Waals surface area contributed by atoms with Gasteiger partial charge in [0.25, 0.3) is 0 Å². The van der Waals surface area contributed by atoms with E-state index in [-0.39, 0.29) is 27.8 Å². The van der Waals surface area contributed by atoms with Crippen LogP contribution in [0.2, 0.25) is 0 Å². The summed E-state index contributed by atoms with van der Waals surface area (Å²) >= 11 is 0. The minimum Gasteiger partial charge on any atom is -0.504 e. The standard InChI is InChI=1S/C57H60O32/c58-18-34-40(68)45(73)52(89-57-51(44(72)39(67)35(19-59)85-57)87-38(66)12-4-22-2-9-27(61)30(64)14-22)56(84-34)83-33-15-23-5-7-25(80-54-47(75)42(70)41(69)36(86-54)20-79-37(65)11-3-21-1-8-26(60)29(63)13-21)17-31(23)81-49(33)24-6-10-28(62)32(16-24)82-55-48(76)43(71)46(74)50(88-55)53(77)78/h1-17,34-36,39-48,50-52,54-59,67-76H,18-20H2,(H5-,60,61,62,63,64,65,66,77,78)/p+1/t34-,35-,36-,39-,40+,41-,42+,43+,44+,45+,46+,47-,48-,50+,51-,52-,54-,55-,56-,57+/m1/s1. The molecule has 89 heavy (non-hydrogen) atoms. The Hall–Kier alpha value is -8.10. The molecule has 9 rings (SSSR count). The maximum Gasteiger partial charge on any atom is 0.402 e. The van der Waals surface area contributed by atoms with Gasteiger partial charge in [0, 0.05) is 24.3 Å². The van der Waals surface area contributed by atoms with E-state index in [0.717, 1.165) is 48.6 Å². The number of fused-ring (bicyclic) bond motifs is 1. The zero-order valence-electron chi connectivity index (χ0n) is 45.7. The van der Waals surface area contributed by atoms with Crippen molar-refractivity contribution in [3.05, 3.63) is 102 Å². The molecule has 32 nitrogen and oxygen atoms in total. The summed E-state index contributed by atoms with van der Waals surface area (Å²) in [4.78, 5) is 37.8. The molecule has 5 aromatic rings. The van der Waals surface area contributed by atoms with Gasteiger partial charge in [0.05, 0.1) is 30.2 Å². The predicted molar refractivity (Wildman–Crippen MR) is 289 cm³/mol. The van der Waals surface area contributed by atoms with E-state index >= 15 is 0 Å². The number of hydrogen-bond donors (Lipinski definition) is 18. The van der Waals surface area contributed by atoms with Gasteiger partial charge >= 0.3 is 29.3 Å². The number of carboxylic acids is 1. The number of phenols is 5. The Bertz CT molecular complexity index is 3400. The molecule has 0 amide bonds. The van der Waals surface area contributed by atoms with Crippen LogP contribution in [0.3, 0.4) is 0 Å². The normalized spacial score (nSPS) is 32.4. The number of benzene rings is 4. The summed E-state index contributed by atoms with van der Waals surface area (Å²) in [5, 5.41) is 190. The third kappa shape index (κ3) is 14.5. The lowest BCUT2D eigenvalue weighted by atomic mass is 9.97. The van der Waals surface area contributed by atoms with Crippen LogP contribution in [0.1, 0.15) is 11.1 Å². The second-order valence-corrected chi connectivity index (χ2v) is 20.6. The van der Waals surface area contributed by atoms with Crippen molar-refractivity contribution in [2.45, 2.75) is 123 Å². The zero-order chi connectivity index (χ0) is 64.3. The monoisotopic (exact) mass is 1260 g/mol. The Kier molecular flexibility index (Phi) is 20.4. The molecule has 4 aliphatic heterocycles. The van der Waals surface area contributed by atoms with Crippen LogP contribution in [-0.2, 0) is 47.5 Å². The number of aliphatic hydroxyl groups excluding tert-OH is 12. The van der Waals surface area contributed by atoms with E-state index in [9.17, 15) is 106 Å². The Morgan fingerprint density at radius 2 is 1.02 bits per heavy atom. The number of aliphatic hydroxyl groups is 12. The number of carbonyl (C=O) groups excluding carboxylic acids is 2. The molecule has 4 aliphatic rings. The lowest BCUT2D eigenvalue weighted by Gasteiger charge is -2.46. The second-order valence-electron chi connectivity index (χ2n) is 20.6. The van der Waals surface area contributed by atoms with Crippen molar-refractivity contribution in [1.82, 2.24) is 0 Å². The summed E-state index contributed by atoms with van der Waals surface area (Å²) in [6, 6.07) is 15.6. The smallest absolute Gasteiger partial charge is 0.402 e. The lowest BCUT2D eigenvalue weighted by molar-refractivity contribution is -0.358. The zero-order valence-corrected chi connectivity index (χ0v) is 45.7. The predicted octanol–water partition coefficient (Wildman–Crippen LogP) is -3.11. The third-order valence-electron chi connectivity index (χ3n) is 14.6. The van der Waals surface area contributed by atoms with Gasteiger partial charge in [-0.2, -0.15) is 0 Å². The number of aromatic hydroxyl groups is 5. The quantitative estimate of drug-likeness (QED) is 0.0168. The summed E-state index contributed by atoms with van der Waals surface area (Å²) in [5.74, 6) is -8.13. The molecule has 32 heteroatoms. The van der Waals surface area contributed by atoms with Gasteiger partial charge < -0.3 is 139 Å². The van der Waals surface area contributed by atoms with Crippen molar-refractivity contribution < 1.29 is 158 Å².